The van der Waals surface area contributed by atoms with Crippen LogP contribution in [0.15, 0.2) is 0 Å². The van der Waals surface area contributed by atoms with Gasteiger partial charge in [0.2, 0.25) is 0 Å². The molecule has 0 unspecified atom stereocenters. The molecule has 0 saturated carbocycles. The first kappa shape index (κ1) is 14.3. The number of nitrogens with zero attached hydrogens (tertiary/aromatic N) is 2. The monoisotopic (exact) mass is 286 g/mol. The van der Waals surface area contributed by atoms with Gasteiger partial charge in [0, 0.05) is 6.42 Å². The molecule has 1 aliphatic carbocycles. The molecule has 0 atom stereocenters. The molecule has 4 nitrogen and oxygen atoms in total. The van der Waals surface area contributed by atoms with E-state index in [-0.39, 0.29) is 0 Å². The molecule has 4 heteroatoms. The Morgan fingerprint density at radius 1 is 1.19 bits per heavy atom. The Morgan fingerprint density at radius 3 is 2.57 bits per heavy atom. The Hall–Kier alpha value is -1.60. The number of rotatable bonds is 3. The molecule has 1 aliphatic heterocycles. The molecule has 112 valence electrons. The molecule has 0 spiro atoms. The van der Waals surface area contributed by atoms with E-state index in [2.05, 4.69) is 22.9 Å². The predicted molar refractivity (Wildman–Crippen MR) is 81.4 cm³/mol. The van der Waals surface area contributed by atoms with E-state index < -0.39 is 0 Å². The summed E-state index contributed by atoms with van der Waals surface area (Å²) in [6, 6.07) is 2.48. The maximum atomic E-state index is 9.70. The van der Waals surface area contributed by atoms with Gasteiger partial charge in [-0.2, -0.15) is 5.26 Å². The Balaban J connectivity index is 2.09. The van der Waals surface area contributed by atoms with E-state index >= 15 is 0 Å². The van der Waals surface area contributed by atoms with Gasteiger partial charge >= 0.3 is 0 Å². The SMILES string of the molecule is CCCc1[nH+]c(N2CCOCC2)c(C#N)c2c1CCCC2. The van der Waals surface area contributed by atoms with E-state index in [9.17, 15) is 5.26 Å². The number of morpholine rings is 1. The highest BCUT2D eigenvalue weighted by molar-refractivity contribution is 5.58. The van der Waals surface area contributed by atoms with Crippen molar-refractivity contribution in [2.45, 2.75) is 45.4 Å². The zero-order chi connectivity index (χ0) is 14.7. The van der Waals surface area contributed by atoms with Gasteiger partial charge in [0.25, 0.3) is 5.82 Å². The number of anilines is 1. The van der Waals surface area contributed by atoms with E-state index in [1.807, 2.05) is 0 Å². The Morgan fingerprint density at radius 2 is 1.90 bits per heavy atom. The number of hydrogen-bond acceptors (Lipinski definition) is 3. The third-order valence-electron chi connectivity index (χ3n) is 4.58. The Kier molecular flexibility index (Phi) is 4.40. The smallest absolute Gasteiger partial charge is 0.293 e. The Bertz CT molecular complexity index is 556. The molecule has 2 heterocycles. The first-order chi connectivity index (χ1) is 10.3. The van der Waals surface area contributed by atoms with Gasteiger partial charge in [0.15, 0.2) is 0 Å². The fourth-order valence-corrected chi connectivity index (χ4v) is 3.55. The quantitative estimate of drug-likeness (QED) is 0.854. The second-order valence-electron chi connectivity index (χ2n) is 5.95. The topological polar surface area (TPSA) is 50.4 Å². The van der Waals surface area contributed by atoms with Gasteiger partial charge in [0.05, 0.1) is 13.2 Å². The van der Waals surface area contributed by atoms with Crippen LogP contribution >= 0.6 is 0 Å². The number of aryl methyl sites for hydroxylation is 1. The van der Waals surface area contributed by atoms with Crippen molar-refractivity contribution in [3.63, 3.8) is 0 Å². The largest absolute Gasteiger partial charge is 0.373 e. The molecule has 1 saturated heterocycles. The van der Waals surface area contributed by atoms with Crippen LogP contribution in [-0.4, -0.2) is 26.3 Å². The van der Waals surface area contributed by atoms with Crippen LogP contribution in [0.3, 0.4) is 0 Å². The highest BCUT2D eigenvalue weighted by Gasteiger charge is 2.30. The lowest BCUT2D eigenvalue weighted by Crippen LogP contribution is -2.41. The number of pyridine rings is 1. The molecule has 0 radical (unpaired) electrons. The third-order valence-corrected chi connectivity index (χ3v) is 4.58. The maximum absolute atomic E-state index is 9.70. The van der Waals surface area contributed by atoms with Crippen molar-refractivity contribution in [1.82, 2.24) is 0 Å². The average Bonchev–Trinajstić information content (AvgIpc) is 2.55. The molecule has 21 heavy (non-hydrogen) atoms. The highest BCUT2D eigenvalue weighted by Crippen LogP contribution is 2.30. The van der Waals surface area contributed by atoms with Gasteiger partial charge in [-0.05, 0) is 43.2 Å². The van der Waals surface area contributed by atoms with Gasteiger partial charge in [-0.3, -0.25) is 4.90 Å². The summed E-state index contributed by atoms with van der Waals surface area (Å²) in [7, 11) is 0. The number of hydrogen-bond donors (Lipinski definition) is 0. The van der Waals surface area contributed by atoms with Crippen LogP contribution in [0.25, 0.3) is 0 Å². The van der Waals surface area contributed by atoms with E-state index in [1.54, 1.807) is 0 Å². The van der Waals surface area contributed by atoms with Gasteiger partial charge < -0.3 is 4.74 Å². The van der Waals surface area contributed by atoms with E-state index in [1.165, 1.54) is 29.7 Å². The van der Waals surface area contributed by atoms with Gasteiger partial charge in [-0.15, -0.1) is 0 Å². The summed E-state index contributed by atoms with van der Waals surface area (Å²) in [6.45, 7) is 5.46. The van der Waals surface area contributed by atoms with Crippen LogP contribution in [-0.2, 0) is 24.0 Å². The first-order valence-corrected chi connectivity index (χ1v) is 8.17. The standard InChI is InChI=1S/C17H23N3O/c1-2-5-16-14-7-4-3-6-13(14)15(12-18)17(19-16)20-8-10-21-11-9-20/h2-11H2,1H3/p+1. The fourth-order valence-electron chi connectivity index (χ4n) is 3.55. The van der Waals surface area contributed by atoms with Gasteiger partial charge in [-0.1, -0.05) is 6.92 Å². The summed E-state index contributed by atoms with van der Waals surface area (Å²) in [5.41, 5.74) is 4.98. The van der Waals surface area contributed by atoms with E-state index in [4.69, 9.17) is 4.74 Å². The lowest BCUT2D eigenvalue weighted by molar-refractivity contribution is -0.378. The minimum Gasteiger partial charge on any atom is -0.373 e. The summed E-state index contributed by atoms with van der Waals surface area (Å²) >= 11 is 0. The highest BCUT2D eigenvalue weighted by atomic mass is 16.5. The Labute approximate surface area is 126 Å². The molecule has 1 aromatic heterocycles. The molecule has 2 aliphatic rings. The summed E-state index contributed by atoms with van der Waals surface area (Å²) in [6.07, 6.45) is 6.85. The molecule has 3 rings (SSSR count). The normalized spacial score (nSPS) is 18.2. The van der Waals surface area contributed by atoms with Crippen molar-refractivity contribution in [3.05, 3.63) is 22.4 Å². The van der Waals surface area contributed by atoms with Crippen molar-refractivity contribution in [2.24, 2.45) is 0 Å². The predicted octanol–water partition coefficient (Wildman–Crippen LogP) is 2.04. The molecule has 0 bridgehead atoms. The molecule has 0 amide bonds. The molecule has 1 N–H and O–H groups in total. The third kappa shape index (κ3) is 2.75. The molecule has 1 aromatic rings. The number of aromatic amines is 1. The second kappa shape index (κ2) is 6.44. The molecular formula is C17H24N3O+. The number of aromatic nitrogens is 1. The summed E-state index contributed by atoms with van der Waals surface area (Å²) < 4.78 is 5.45. The van der Waals surface area contributed by atoms with Crippen LogP contribution in [0.2, 0.25) is 0 Å². The summed E-state index contributed by atoms with van der Waals surface area (Å²) in [4.78, 5) is 5.90. The molecular weight excluding hydrogens is 262 g/mol. The van der Waals surface area contributed by atoms with Crippen LogP contribution < -0.4 is 9.88 Å². The second-order valence-corrected chi connectivity index (χ2v) is 5.95. The number of H-pyrrole nitrogens is 1. The average molecular weight is 286 g/mol. The zero-order valence-electron chi connectivity index (χ0n) is 12.9. The lowest BCUT2D eigenvalue weighted by Gasteiger charge is -2.26. The first-order valence-electron chi connectivity index (χ1n) is 8.17. The van der Waals surface area contributed by atoms with Crippen molar-refractivity contribution >= 4 is 5.82 Å². The van der Waals surface area contributed by atoms with E-state index in [0.29, 0.717) is 0 Å². The van der Waals surface area contributed by atoms with Crippen LogP contribution in [0, 0.1) is 11.3 Å². The number of ether oxygens (including phenoxy) is 1. The van der Waals surface area contributed by atoms with Crippen molar-refractivity contribution in [2.75, 3.05) is 31.2 Å². The van der Waals surface area contributed by atoms with E-state index in [0.717, 1.165) is 63.4 Å². The maximum Gasteiger partial charge on any atom is 0.293 e. The summed E-state index contributed by atoms with van der Waals surface area (Å²) in [5.74, 6) is 1.03. The van der Waals surface area contributed by atoms with Crippen molar-refractivity contribution < 1.29 is 9.72 Å². The summed E-state index contributed by atoms with van der Waals surface area (Å²) in [5, 5.41) is 9.70. The van der Waals surface area contributed by atoms with Crippen LogP contribution in [0.1, 0.15) is 48.6 Å². The number of nitriles is 1. The fraction of sp³-hybridized carbons (Fsp3) is 0.647. The lowest BCUT2D eigenvalue weighted by atomic mass is 9.86. The minimum atomic E-state index is 0.749. The number of nitrogens with one attached hydrogen (secondary N) is 1. The van der Waals surface area contributed by atoms with Crippen molar-refractivity contribution in [1.29, 1.82) is 5.26 Å². The minimum absolute atomic E-state index is 0.749. The molecule has 0 aromatic carbocycles. The van der Waals surface area contributed by atoms with Crippen LogP contribution in [0.5, 0.6) is 0 Å². The van der Waals surface area contributed by atoms with Crippen LogP contribution in [0.4, 0.5) is 5.82 Å². The van der Waals surface area contributed by atoms with Crippen molar-refractivity contribution in [3.8, 4) is 6.07 Å². The molecule has 1 fully saturated rings. The van der Waals surface area contributed by atoms with Gasteiger partial charge in [0.1, 0.15) is 30.4 Å². The van der Waals surface area contributed by atoms with Gasteiger partial charge in [-0.25, -0.2) is 4.98 Å². The zero-order valence-corrected chi connectivity index (χ0v) is 12.9. The number of fused-ring (bicyclic) bond motifs is 1.